The number of phenols is 1. The van der Waals surface area contributed by atoms with E-state index in [-0.39, 0.29) is 40.6 Å². The van der Waals surface area contributed by atoms with Crippen LogP contribution >= 0.6 is 23.2 Å². The van der Waals surface area contributed by atoms with Crippen LogP contribution in [0.1, 0.15) is 24.4 Å². The summed E-state index contributed by atoms with van der Waals surface area (Å²) in [7, 11) is 0. The molecule has 3 amide bonds. The second-order valence-electron chi connectivity index (χ2n) is 7.60. The highest BCUT2D eigenvalue weighted by Gasteiger charge is 2.38. The molecular formula is C19H23Cl2F3N4O5. The summed E-state index contributed by atoms with van der Waals surface area (Å²) in [6, 6.07) is 2.40. The number of aliphatic carboxylic acids is 1. The SMILES string of the molecule is NC(c1cc(Cl)c(Cl)cc1O)C1CCN(C(=O)C2CNC(=O)NC2)CC1.O=C(O)C(F)(F)F. The van der Waals surface area contributed by atoms with Gasteiger partial charge in [0.1, 0.15) is 5.75 Å². The first kappa shape index (κ1) is 26.8. The van der Waals surface area contributed by atoms with Gasteiger partial charge in [0.25, 0.3) is 0 Å². The highest BCUT2D eigenvalue weighted by atomic mass is 35.5. The molecule has 1 aromatic carbocycles. The minimum Gasteiger partial charge on any atom is -0.508 e. The number of hydrogen-bond donors (Lipinski definition) is 5. The molecule has 2 aliphatic rings. The molecule has 2 fully saturated rings. The number of carboxylic acid groups (broad SMARTS) is 1. The van der Waals surface area contributed by atoms with E-state index in [1.54, 1.807) is 6.07 Å². The zero-order chi connectivity index (χ0) is 24.9. The molecule has 0 bridgehead atoms. The number of amides is 3. The van der Waals surface area contributed by atoms with Gasteiger partial charge in [0.15, 0.2) is 0 Å². The first-order chi connectivity index (χ1) is 15.3. The second-order valence-corrected chi connectivity index (χ2v) is 8.42. The summed E-state index contributed by atoms with van der Waals surface area (Å²) in [5.74, 6) is -2.78. The molecule has 9 nitrogen and oxygen atoms in total. The lowest BCUT2D eigenvalue weighted by molar-refractivity contribution is -0.192. The molecular weight excluding hydrogens is 492 g/mol. The minimum absolute atomic E-state index is 0.0365. The van der Waals surface area contributed by atoms with Crippen LogP contribution in [-0.2, 0) is 9.59 Å². The molecule has 0 saturated carbocycles. The van der Waals surface area contributed by atoms with Gasteiger partial charge in [-0.25, -0.2) is 9.59 Å². The lowest BCUT2D eigenvalue weighted by Gasteiger charge is -2.37. The summed E-state index contributed by atoms with van der Waals surface area (Å²) in [6.07, 6.45) is -3.61. The van der Waals surface area contributed by atoms with Crippen molar-refractivity contribution >= 4 is 41.1 Å². The van der Waals surface area contributed by atoms with E-state index in [2.05, 4.69) is 10.6 Å². The molecule has 184 valence electrons. The van der Waals surface area contributed by atoms with Crippen LogP contribution in [0.3, 0.4) is 0 Å². The smallest absolute Gasteiger partial charge is 0.490 e. The van der Waals surface area contributed by atoms with Crippen LogP contribution in [0.5, 0.6) is 5.75 Å². The summed E-state index contributed by atoms with van der Waals surface area (Å²) in [6.45, 7) is 1.93. The Morgan fingerprint density at radius 3 is 2.09 bits per heavy atom. The standard InChI is InChI=1S/C17H22Cl2N4O3.C2HF3O2/c18-12-5-11(14(24)6-13(12)19)15(20)9-1-3-23(4-2-9)16(25)10-7-21-17(26)22-8-10;3-2(4,5)1(6)7/h5-6,9-10,15,24H,1-4,7-8,20H2,(H2,21,22,26);(H,6,7). The van der Waals surface area contributed by atoms with Crippen LogP contribution in [0.15, 0.2) is 12.1 Å². The Kier molecular flexibility index (Phi) is 9.04. The molecule has 0 aliphatic carbocycles. The van der Waals surface area contributed by atoms with Gasteiger partial charge in [-0.1, -0.05) is 23.2 Å². The number of likely N-dealkylation sites (tertiary alicyclic amines) is 1. The maximum absolute atomic E-state index is 12.6. The third kappa shape index (κ3) is 7.27. The maximum atomic E-state index is 12.6. The summed E-state index contributed by atoms with van der Waals surface area (Å²) in [5.41, 5.74) is 6.92. The Morgan fingerprint density at radius 1 is 1.12 bits per heavy atom. The van der Waals surface area contributed by atoms with Gasteiger partial charge in [-0.2, -0.15) is 13.2 Å². The predicted molar refractivity (Wildman–Crippen MR) is 113 cm³/mol. The van der Waals surface area contributed by atoms with Crippen molar-refractivity contribution < 1.29 is 37.8 Å². The lowest BCUT2D eigenvalue weighted by atomic mass is 9.85. The van der Waals surface area contributed by atoms with E-state index in [9.17, 15) is 27.9 Å². The Bertz CT molecular complexity index is 885. The normalized spacial score (nSPS) is 18.5. The van der Waals surface area contributed by atoms with Crippen LogP contribution in [0.4, 0.5) is 18.0 Å². The summed E-state index contributed by atoms with van der Waals surface area (Å²) < 4.78 is 31.7. The number of carboxylic acids is 1. The molecule has 33 heavy (non-hydrogen) atoms. The van der Waals surface area contributed by atoms with Gasteiger partial charge in [-0.15, -0.1) is 0 Å². The molecule has 1 unspecified atom stereocenters. The molecule has 2 heterocycles. The molecule has 2 saturated heterocycles. The monoisotopic (exact) mass is 514 g/mol. The molecule has 0 radical (unpaired) electrons. The molecule has 6 N–H and O–H groups in total. The number of rotatable bonds is 3. The molecule has 1 atom stereocenters. The molecule has 0 aromatic heterocycles. The Morgan fingerprint density at radius 2 is 1.61 bits per heavy atom. The number of alkyl halides is 3. The number of aromatic hydroxyl groups is 1. The van der Waals surface area contributed by atoms with E-state index in [1.165, 1.54) is 6.07 Å². The van der Waals surface area contributed by atoms with Crippen molar-refractivity contribution in [1.82, 2.24) is 15.5 Å². The van der Waals surface area contributed by atoms with E-state index in [4.69, 9.17) is 38.8 Å². The number of carbonyl (C=O) groups is 3. The van der Waals surface area contributed by atoms with E-state index < -0.39 is 12.1 Å². The number of urea groups is 1. The number of nitrogens with zero attached hydrogens (tertiary/aromatic N) is 1. The molecule has 1 aromatic rings. The number of halogens is 5. The van der Waals surface area contributed by atoms with Crippen LogP contribution in [0.25, 0.3) is 0 Å². The van der Waals surface area contributed by atoms with Gasteiger partial charge in [0, 0.05) is 43.9 Å². The van der Waals surface area contributed by atoms with Gasteiger partial charge in [0.05, 0.1) is 16.0 Å². The first-order valence-corrected chi connectivity index (χ1v) is 10.6. The number of nitrogens with two attached hydrogens (primary N) is 1. The largest absolute Gasteiger partial charge is 0.508 e. The lowest BCUT2D eigenvalue weighted by Crippen LogP contribution is -2.54. The number of phenolic OH excluding ortho intramolecular Hbond substituents is 1. The number of carbonyl (C=O) groups excluding carboxylic acids is 2. The Hall–Kier alpha value is -2.44. The highest BCUT2D eigenvalue weighted by Crippen LogP contribution is 2.37. The second kappa shape index (κ2) is 11.1. The third-order valence-electron chi connectivity index (χ3n) is 5.40. The zero-order valence-electron chi connectivity index (χ0n) is 17.2. The Labute approximate surface area is 197 Å². The summed E-state index contributed by atoms with van der Waals surface area (Å²) in [5, 5.41) is 23.2. The van der Waals surface area contributed by atoms with E-state index in [1.807, 2.05) is 4.90 Å². The summed E-state index contributed by atoms with van der Waals surface area (Å²) >= 11 is 11.9. The number of benzene rings is 1. The van der Waals surface area contributed by atoms with Crippen molar-refractivity contribution in [3.63, 3.8) is 0 Å². The zero-order valence-corrected chi connectivity index (χ0v) is 18.7. The van der Waals surface area contributed by atoms with Crippen LogP contribution < -0.4 is 16.4 Å². The average molecular weight is 515 g/mol. The predicted octanol–water partition coefficient (Wildman–Crippen LogP) is 2.50. The molecule has 2 aliphatic heterocycles. The minimum atomic E-state index is -5.08. The quantitative estimate of drug-likeness (QED) is 0.419. The number of nitrogens with one attached hydrogen (secondary N) is 2. The van der Waals surface area contributed by atoms with Crippen molar-refractivity contribution in [3.8, 4) is 5.75 Å². The van der Waals surface area contributed by atoms with Crippen LogP contribution in [0, 0.1) is 11.8 Å². The van der Waals surface area contributed by atoms with E-state index in [0.29, 0.717) is 36.8 Å². The van der Waals surface area contributed by atoms with Crippen molar-refractivity contribution in [3.05, 3.63) is 27.7 Å². The fraction of sp³-hybridized carbons (Fsp3) is 0.526. The fourth-order valence-electron chi connectivity index (χ4n) is 3.55. The molecule has 14 heteroatoms. The average Bonchev–Trinajstić information content (AvgIpc) is 2.76. The van der Waals surface area contributed by atoms with Gasteiger partial charge in [-0.05, 0) is 24.8 Å². The molecule has 3 rings (SSSR count). The van der Waals surface area contributed by atoms with Crippen molar-refractivity contribution in [2.75, 3.05) is 26.2 Å². The van der Waals surface area contributed by atoms with Gasteiger partial charge in [-0.3, -0.25) is 4.79 Å². The maximum Gasteiger partial charge on any atom is 0.490 e. The van der Waals surface area contributed by atoms with Crippen molar-refractivity contribution in [2.45, 2.75) is 25.1 Å². The Balaban J connectivity index is 0.000000479. The highest BCUT2D eigenvalue weighted by molar-refractivity contribution is 6.42. The molecule has 0 spiro atoms. The van der Waals surface area contributed by atoms with Gasteiger partial charge < -0.3 is 31.5 Å². The topological polar surface area (TPSA) is 145 Å². The third-order valence-corrected chi connectivity index (χ3v) is 6.12. The summed E-state index contributed by atoms with van der Waals surface area (Å²) in [4.78, 5) is 34.4. The van der Waals surface area contributed by atoms with E-state index >= 15 is 0 Å². The van der Waals surface area contributed by atoms with E-state index in [0.717, 1.165) is 12.8 Å². The van der Waals surface area contributed by atoms with Crippen molar-refractivity contribution in [2.24, 2.45) is 17.6 Å². The van der Waals surface area contributed by atoms with Gasteiger partial charge in [0.2, 0.25) is 5.91 Å². The fourth-order valence-corrected chi connectivity index (χ4v) is 3.88. The number of hydrogen-bond acceptors (Lipinski definition) is 5. The van der Waals surface area contributed by atoms with Crippen LogP contribution in [0.2, 0.25) is 10.0 Å². The first-order valence-electron chi connectivity index (χ1n) is 9.85. The van der Waals surface area contributed by atoms with Gasteiger partial charge >= 0.3 is 18.2 Å². The van der Waals surface area contributed by atoms with Crippen molar-refractivity contribution in [1.29, 1.82) is 0 Å². The van der Waals surface area contributed by atoms with Crippen LogP contribution in [-0.4, -0.2) is 65.4 Å². The number of piperidine rings is 1.